The highest BCUT2D eigenvalue weighted by atomic mass is 127. The largest absolute Gasteiger partial charge is 0.370 e. The Morgan fingerprint density at radius 3 is 2.85 bits per heavy atom. The molecule has 5 nitrogen and oxygen atoms in total. The summed E-state index contributed by atoms with van der Waals surface area (Å²) in [4.78, 5) is 11.3. The average molecular weight is 407 g/mol. The first-order chi connectivity index (χ1) is 9.33. The fourth-order valence-corrected chi connectivity index (χ4v) is 3.51. The van der Waals surface area contributed by atoms with E-state index in [0.717, 1.165) is 43.3 Å². The zero-order chi connectivity index (χ0) is 13.1. The van der Waals surface area contributed by atoms with Crippen LogP contribution in [-0.2, 0) is 19.5 Å². The van der Waals surface area contributed by atoms with Gasteiger partial charge in [-0.25, -0.2) is 9.98 Å². The van der Waals surface area contributed by atoms with Crippen LogP contribution in [0.4, 0.5) is 0 Å². The van der Waals surface area contributed by atoms with Crippen LogP contribution in [0.5, 0.6) is 0 Å². The van der Waals surface area contributed by atoms with Gasteiger partial charge >= 0.3 is 0 Å². The van der Waals surface area contributed by atoms with E-state index in [1.54, 1.807) is 0 Å². The molecule has 112 valence electrons. The normalized spacial score (nSPS) is 19.4. The molecule has 2 aliphatic heterocycles. The van der Waals surface area contributed by atoms with Gasteiger partial charge in [0.05, 0.1) is 12.2 Å². The van der Waals surface area contributed by atoms with Crippen molar-refractivity contribution in [1.29, 1.82) is 0 Å². The Morgan fingerprint density at radius 2 is 2.10 bits per heavy atom. The molecule has 0 aliphatic carbocycles. The van der Waals surface area contributed by atoms with E-state index in [1.807, 2.05) is 11.8 Å². The van der Waals surface area contributed by atoms with Crippen molar-refractivity contribution >= 4 is 41.7 Å². The van der Waals surface area contributed by atoms with Crippen molar-refractivity contribution in [3.8, 4) is 0 Å². The molecule has 0 saturated carbocycles. The van der Waals surface area contributed by atoms with Crippen LogP contribution in [0.2, 0.25) is 0 Å². The highest BCUT2D eigenvalue weighted by molar-refractivity contribution is 14.0. The van der Waals surface area contributed by atoms with Gasteiger partial charge in [-0.05, 0) is 12.8 Å². The van der Waals surface area contributed by atoms with E-state index in [1.165, 1.54) is 18.7 Å². The van der Waals surface area contributed by atoms with Crippen molar-refractivity contribution in [3.05, 3.63) is 17.7 Å². The van der Waals surface area contributed by atoms with Gasteiger partial charge in [0.15, 0.2) is 5.96 Å². The maximum Gasteiger partial charge on any atom is 0.191 e. The number of rotatable bonds is 2. The van der Waals surface area contributed by atoms with Crippen molar-refractivity contribution in [2.24, 2.45) is 10.7 Å². The molecule has 3 heterocycles. The molecule has 3 rings (SSSR count). The summed E-state index contributed by atoms with van der Waals surface area (Å²) >= 11 is 1.98. The van der Waals surface area contributed by atoms with Crippen LogP contribution in [0.25, 0.3) is 0 Å². The zero-order valence-corrected chi connectivity index (χ0v) is 14.8. The number of thioether (sulfide) groups is 1. The molecule has 0 amide bonds. The fourth-order valence-electron chi connectivity index (χ4n) is 2.60. The Morgan fingerprint density at radius 1 is 1.30 bits per heavy atom. The van der Waals surface area contributed by atoms with Gasteiger partial charge in [0.25, 0.3) is 0 Å². The van der Waals surface area contributed by atoms with Gasteiger partial charge in [0.1, 0.15) is 5.82 Å². The molecule has 1 aromatic heterocycles. The van der Waals surface area contributed by atoms with Crippen LogP contribution >= 0.6 is 35.7 Å². The highest BCUT2D eigenvalue weighted by Crippen LogP contribution is 2.15. The monoisotopic (exact) mass is 407 g/mol. The minimum Gasteiger partial charge on any atom is -0.370 e. The molecule has 1 aromatic rings. The van der Waals surface area contributed by atoms with Crippen LogP contribution in [0.1, 0.15) is 24.4 Å². The number of nitrogens with two attached hydrogens (primary N) is 1. The van der Waals surface area contributed by atoms with Crippen LogP contribution in [-0.4, -0.2) is 45.0 Å². The van der Waals surface area contributed by atoms with Crippen molar-refractivity contribution in [2.45, 2.75) is 32.4 Å². The van der Waals surface area contributed by atoms with Gasteiger partial charge < -0.3 is 15.2 Å². The van der Waals surface area contributed by atoms with Crippen molar-refractivity contribution in [3.63, 3.8) is 0 Å². The average Bonchev–Trinajstić information content (AvgIpc) is 2.88. The third kappa shape index (κ3) is 3.81. The molecule has 0 unspecified atom stereocenters. The highest BCUT2D eigenvalue weighted by Gasteiger charge is 2.14. The van der Waals surface area contributed by atoms with E-state index in [4.69, 9.17) is 5.73 Å². The molecular formula is C13H22IN5S. The Hall–Kier alpha value is -0.440. The Balaban J connectivity index is 0.00000147. The first-order valence-electron chi connectivity index (χ1n) is 7.00. The number of imidazole rings is 1. The van der Waals surface area contributed by atoms with E-state index in [9.17, 15) is 0 Å². The predicted octanol–water partition coefficient (Wildman–Crippen LogP) is 1.70. The fraction of sp³-hybridized carbons (Fsp3) is 0.692. The van der Waals surface area contributed by atoms with E-state index in [2.05, 4.69) is 25.6 Å². The summed E-state index contributed by atoms with van der Waals surface area (Å²) in [7, 11) is 0. The molecule has 0 bridgehead atoms. The second-order valence-corrected chi connectivity index (χ2v) is 6.30. The quantitative estimate of drug-likeness (QED) is 0.461. The first-order valence-corrected chi connectivity index (χ1v) is 8.16. The second kappa shape index (κ2) is 7.53. The Bertz CT molecular complexity index is 444. The lowest BCUT2D eigenvalue weighted by molar-refractivity contribution is 0.455. The maximum atomic E-state index is 6.05. The lowest BCUT2D eigenvalue weighted by Crippen LogP contribution is -2.42. The minimum absolute atomic E-state index is 0. The number of hydrogen-bond donors (Lipinski definition) is 1. The first kappa shape index (κ1) is 15.9. The SMILES string of the molecule is I.NC(=NCc1cn2c(n1)CCCC2)N1CCSCC1. The number of aryl methyl sites for hydroxylation is 2. The summed E-state index contributed by atoms with van der Waals surface area (Å²) in [5, 5.41) is 0. The number of hydrogen-bond acceptors (Lipinski definition) is 3. The molecule has 0 radical (unpaired) electrons. The van der Waals surface area contributed by atoms with Gasteiger partial charge in [-0.15, -0.1) is 24.0 Å². The van der Waals surface area contributed by atoms with Gasteiger partial charge in [0, 0.05) is 43.8 Å². The maximum absolute atomic E-state index is 6.05. The Kier molecular flexibility index (Phi) is 6.01. The Labute approximate surface area is 141 Å². The molecular weight excluding hydrogens is 385 g/mol. The van der Waals surface area contributed by atoms with E-state index in [0.29, 0.717) is 12.5 Å². The van der Waals surface area contributed by atoms with E-state index < -0.39 is 0 Å². The number of aromatic nitrogens is 2. The van der Waals surface area contributed by atoms with Crippen molar-refractivity contribution < 1.29 is 0 Å². The minimum atomic E-state index is 0. The summed E-state index contributed by atoms with van der Waals surface area (Å²) in [6.45, 7) is 3.74. The van der Waals surface area contributed by atoms with Gasteiger partial charge in [-0.3, -0.25) is 0 Å². The molecule has 2 aliphatic rings. The number of guanidine groups is 1. The number of fused-ring (bicyclic) bond motifs is 1. The van der Waals surface area contributed by atoms with Crippen LogP contribution in [0.15, 0.2) is 11.2 Å². The lowest BCUT2D eigenvalue weighted by Gasteiger charge is -2.27. The lowest BCUT2D eigenvalue weighted by atomic mass is 10.2. The van der Waals surface area contributed by atoms with E-state index >= 15 is 0 Å². The smallest absolute Gasteiger partial charge is 0.191 e. The summed E-state index contributed by atoms with van der Waals surface area (Å²) in [5.41, 5.74) is 7.10. The topological polar surface area (TPSA) is 59.4 Å². The molecule has 20 heavy (non-hydrogen) atoms. The molecule has 2 N–H and O–H groups in total. The van der Waals surface area contributed by atoms with Gasteiger partial charge in [-0.1, -0.05) is 0 Å². The molecule has 1 fully saturated rings. The molecule has 0 spiro atoms. The van der Waals surface area contributed by atoms with Crippen LogP contribution in [0, 0.1) is 0 Å². The zero-order valence-electron chi connectivity index (χ0n) is 11.6. The number of halogens is 1. The number of aliphatic imine (C=N–C) groups is 1. The summed E-state index contributed by atoms with van der Waals surface area (Å²) < 4.78 is 2.27. The van der Waals surface area contributed by atoms with Crippen LogP contribution < -0.4 is 5.73 Å². The van der Waals surface area contributed by atoms with Crippen LogP contribution in [0.3, 0.4) is 0 Å². The summed E-state index contributed by atoms with van der Waals surface area (Å²) in [6.07, 6.45) is 5.76. The second-order valence-electron chi connectivity index (χ2n) is 5.07. The summed E-state index contributed by atoms with van der Waals surface area (Å²) in [6, 6.07) is 0. The van der Waals surface area contributed by atoms with E-state index in [-0.39, 0.29) is 24.0 Å². The van der Waals surface area contributed by atoms with Crippen molar-refractivity contribution in [1.82, 2.24) is 14.5 Å². The summed E-state index contributed by atoms with van der Waals surface area (Å²) in [5.74, 6) is 4.18. The third-order valence-corrected chi connectivity index (χ3v) is 4.64. The predicted molar refractivity (Wildman–Crippen MR) is 94.8 cm³/mol. The molecule has 1 saturated heterocycles. The third-order valence-electron chi connectivity index (χ3n) is 3.70. The molecule has 0 aromatic carbocycles. The van der Waals surface area contributed by atoms with Gasteiger partial charge in [-0.2, -0.15) is 11.8 Å². The van der Waals surface area contributed by atoms with Crippen molar-refractivity contribution in [2.75, 3.05) is 24.6 Å². The standard InChI is InChI=1S/C13H21N5S.HI/c14-13(17-5-7-19-8-6-17)15-9-11-10-18-4-2-1-3-12(18)16-11;/h10H,1-9H2,(H2,14,15);1H. The van der Waals surface area contributed by atoms with Gasteiger partial charge in [0.2, 0.25) is 0 Å². The molecule has 0 atom stereocenters. The number of nitrogens with zero attached hydrogens (tertiary/aromatic N) is 4. The molecule has 7 heteroatoms.